The lowest BCUT2D eigenvalue weighted by Crippen LogP contribution is -2.51. The highest BCUT2D eigenvalue weighted by Gasteiger charge is 2.35. The van der Waals surface area contributed by atoms with Crippen molar-refractivity contribution in [1.82, 2.24) is 4.90 Å². The quantitative estimate of drug-likeness (QED) is 0.842. The standard InChI is InChI=1S/C18H25FN2OS/c19-15-4-3-5-16(20-7-1-2-8-20)14(15)12-21-9-11-23-18-13-22-10-6-17(18)21/h3-5,17-18H,1-2,6-13H2/t17-,18+/m0/s1. The molecule has 23 heavy (non-hydrogen) atoms. The second kappa shape index (κ2) is 6.99. The predicted molar refractivity (Wildman–Crippen MR) is 93.7 cm³/mol. The maximum absolute atomic E-state index is 14.6. The van der Waals surface area contributed by atoms with Crippen molar-refractivity contribution >= 4 is 17.4 Å². The molecule has 3 fully saturated rings. The summed E-state index contributed by atoms with van der Waals surface area (Å²) in [6.07, 6.45) is 3.52. The third kappa shape index (κ3) is 3.24. The molecule has 1 aromatic carbocycles. The van der Waals surface area contributed by atoms with Crippen LogP contribution in [0.3, 0.4) is 0 Å². The number of ether oxygens (including phenoxy) is 1. The van der Waals surface area contributed by atoms with E-state index >= 15 is 0 Å². The van der Waals surface area contributed by atoms with Gasteiger partial charge >= 0.3 is 0 Å². The van der Waals surface area contributed by atoms with Gasteiger partial charge in [0.1, 0.15) is 5.82 Å². The minimum atomic E-state index is -0.0452. The number of fused-ring (bicyclic) bond motifs is 1. The Labute approximate surface area is 142 Å². The van der Waals surface area contributed by atoms with Gasteiger partial charge in [-0.25, -0.2) is 4.39 Å². The van der Waals surface area contributed by atoms with Gasteiger partial charge in [0.25, 0.3) is 0 Å². The molecule has 0 amide bonds. The van der Waals surface area contributed by atoms with E-state index < -0.39 is 0 Å². The minimum Gasteiger partial charge on any atom is -0.380 e. The summed E-state index contributed by atoms with van der Waals surface area (Å²) in [7, 11) is 0. The lowest BCUT2D eigenvalue weighted by molar-refractivity contribution is 0.0348. The first-order valence-electron chi connectivity index (χ1n) is 8.78. The fraction of sp³-hybridized carbons (Fsp3) is 0.667. The van der Waals surface area contributed by atoms with Crippen molar-refractivity contribution < 1.29 is 9.13 Å². The van der Waals surface area contributed by atoms with Gasteiger partial charge < -0.3 is 9.64 Å². The van der Waals surface area contributed by atoms with Crippen LogP contribution >= 0.6 is 11.8 Å². The maximum atomic E-state index is 14.6. The first-order chi connectivity index (χ1) is 11.3. The van der Waals surface area contributed by atoms with Crippen molar-refractivity contribution in [1.29, 1.82) is 0 Å². The largest absolute Gasteiger partial charge is 0.380 e. The third-order valence-corrected chi connectivity index (χ3v) is 6.65. The Balaban J connectivity index is 1.57. The Kier molecular flexibility index (Phi) is 4.78. The molecule has 2 atom stereocenters. The molecule has 0 aromatic heterocycles. The van der Waals surface area contributed by atoms with Gasteiger partial charge in [-0.1, -0.05) is 6.07 Å². The average molecular weight is 336 g/mol. The second-order valence-electron chi connectivity index (χ2n) is 6.74. The Hall–Kier alpha value is -0.780. The third-order valence-electron chi connectivity index (χ3n) is 5.35. The number of anilines is 1. The molecular formula is C18H25FN2OS. The molecule has 0 saturated carbocycles. The average Bonchev–Trinajstić information content (AvgIpc) is 3.11. The van der Waals surface area contributed by atoms with E-state index in [2.05, 4.69) is 15.9 Å². The van der Waals surface area contributed by atoms with Crippen LogP contribution in [0.5, 0.6) is 0 Å². The number of halogens is 1. The maximum Gasteiger partial charge on any atom is 0.129 e. The molecule has 3 aliphatic heterocycles. The van der Waals surface area contributed by atoms with Crippen molar-refractivity contribution in [2.24, 2.45) is 0 Å². The second-order valence-corrected chi connectivity index (χ2v) is 8.09. The number of nitrogens with zero attached hydrogens (tertiary/aromatic N) is 2. The summed E-state index contributed by atoms with van der Waals surface area (Å²) in [6, 6.07) is 6.11. The zero-order valence-corrected chi connectivity index (χ0v) is 14.4. The van der Waals surface area contributed by atoms with Crippen molar-refractivity contribution in [2.75, 3.05) is 43.5 Å². The molecule has 1 aromatic rings. The Morgan fingerprint density at radius 3 is 2.96 bits per heavy atom. The molecular weight excluding hydrogens is 311 g/mol. The molecule has 4 rings (SSSR count). The van der Waals surface area contributed by atoms with E-state index in [1.807, 2.05) is 17.8 Å². The molecule has 5 heteroatoms. The molecule has 3 aliphatic rings. The highest BCUT2D eigenvalue weighted by molar-refractivity contribution is 8.00. The van der Waals surface area contributed by atoms with Gasteiger partial charge in [0.15, 0.2) is 0 Å². The van der Waals surface area contributed by atoms with Gasteiger partial charge in [0.2, 0.25) is 0 Å². The Morgan fingerprint density at radius 2 is 2.09 bits per heavy atom. The van der Waals surface area contributed by atoms with Gasteiger partial charge in [-0.15, -0.1) is 0 Å². The summed E-state index contributed by atoms with van der Waals surface area (Å²) in [4.78, 5) is 4.86. The van der Waals surface area contributed by atoms with Crippen LogP contribution in [0.4, 0.5) is 10.1 Å². The van der Waals surface area contributed by atoms with Gasteiger partial charge in [0.05, 0.1) is 6.61 Å². The summed E-state index contributed by atoms with van der Waals surface area (Å²) in [5.41, 5.74) is 2.01. The molecule has 0 radical (unpaired) electrons. The first-order valence-corrected chi connectivity index (χ1v) is 9.83. The van der Waals surface area contributed by atoms with Crippen LogP contribution in [0.25, 0.3) is 0 Å². The molecule has 3 saturated heterocycles. The van der Waals surface area contributed by atoms with Crippen molar-refractivity contribution in [3.8, 4) is 0 Å². The van der Waals surface area contributed by atoms with E-state index in [1.54, 1.807) is 6.07 Å². The molecule has 126 valence electrons. The van der Waals surface area contributed by atoms with E-state index in [1.165, 1.54) is 12.8 Å². The fourth-order valence-corrected chi connectivity index (χ4v) is 5.49. The lowest BCUT2D eigenvalue weighted by atomic mass is 10.0. The number of hydrogen-bond acceptors (Lipinski definition) is 4. The molecule has 0 bridgehead atoms. The van der Waals surface area contributed by atoms with Gasteiger partial charge in [-0.2, -0.15) is 11.8 Å². The SMILES string of the molecule is Fc1cccc(N2CCCC2)c1CN1CCS[C@@H]2COCC[C@@H]21. The van der Waals surface area contributed by atoms with E-state index in [4.69, 9.17) is 4.74 Å². The molecule has 0 unspecified atom stereocenters. The monoisotopic (exact) mass is 336 g/mol. The van der Waals surface area contributed by atoms with Crippen molar-refractivity contribution in [3.63, 3.8) is 0 Å². The zero-order chi connectivity index (χ0) is 15.6. The highest BCUT2D eigenvalue weighted by Crippen LogP contribution is 2.34. The number of thioether (sulfide) groups is 1. The highest BCUT2D eigenvalue weighted by atomic mass is 32.2. The number of rotatable bonds is 3. The number of hydrogen-bond donors (Lipinski definition) is 0. The molecule has 3 nitrogen and oxygen atoms in total. The summed E-state index contributed by atoms with van der Waals surface area (Å²) in [5, 5.41) is 0.555. The van der Waals surface area contributed by atoms with Crippen LogP contribution in [0.15, 0.2) is 18.2 Å². The first kappa shape index (κ1) is 15.7. The topological polar surface area (TPSA) is 15.7 Å². The van der Waals surface area contributed by atoms with Crippen LogP contribution in [-0.4, -0.2) is 54.8 Å². The fourth-order valence-electron chi connectivity index (χ4n) is 4.12. The van der Waals surface area contributed by atoms with Crippen LogP contribution in [0, 0.1) is 5.82 Å². The predicted octanol–water partition coefficient (Wildman–Crippen LogP) is 3.13. The summed E-state index contributed by atoms with van der Waals surface area (Å²) in [5.74, 6) is 1.08. The summed E-state index contributed by atoms with van der Waals surface area (Å²) >= 11 is 2.02. The molecule has 0 N–H and O–H groups in total. The normalized spacial score (nSPS) is 28.8. The van der Waals surface area contributed by atoms with Crippen molar-refractivity contribution in [3.05, 3.63) is 29.6 Å². The minimum absolute atomic E-state index is 0.0452. The molecule has 0 spiro atoms. The van der Waals surface area contributed by atoms with E-state index in [0.717, 1.165) is 62.8 Å². The van der Waals surface area contributed by atoms with Crippen LogP contribution < -0.4 is 4.90 Å². The Morgan fingerprint density at radius 1 is 1.22 bits per heavy atom. The van der Waals surface area contributed by atoms with Gasteiger partial charge in [0, 0.05) is 61.1 Å². The van der Waals surface area contributed by atoms with Crippen molar-refractivity contribution in [2.45, 2.75) is 37.1 Å². The van der Waals surface area contributed by atoms with E-state index in [-0.39, 0.29) is 5.82 Å². The summed E-state index contributed by atoms with van der Waals surface area (Å²) < 4.78 is 20.2. The van der Waals surface area contributed by atoms with Crippen LogP contribution in [0.2, 0.25) is 0 Å². The Bertz CT molecular complexity index is 548. The van der Waals surface area contributed by atoms with Gasteiger partial charge in [-0.05, 0) is 31.4 Å². The summed E-state index contributed by atoms with van der Waals surface area (Å²) in [6.45, 7) is 5.61. The van der Waals surface area contributed by atoms with Crippen LogP contribution in [0.1, 0.15) is 24.8 Å². The zero-order valence-electron chi connectivity index (χ0n) is 13.5. The molecule has 3 heterocycles. The van der Waals surface area contributed by atoms with Gasteiger partial charge in [-0.3, -0.25) is 4.90 Å². The van der Waals surface area contributed by atoms with Crippen LogP contribution in [-0.2, 0) is 11.3 Å². The smallest absolute Gasteiger partial charge is 0.129 e. The van der Waals surface area contributed by atoms with E-state index in [0.29, 0.717) is 11.3 Å². The number of benzene rings is 1. The molecule has 0 aliphatic carbocycles. The van der Waals surface area contributed by atoms with E-state index in [9.17, 15) is 4.39 Å². The lowest BCUT2D eigenvalue weighted by Gasteiger charge is -2.43.